The van der Waals surface area contributed by atoms with E-state index < -0.39 is 0 Å². The van der Waals surface area contributed by atoms with Crippen molar-refractivity contribution < 1.29 is 9.31 Å². The summed E-state index contributed by atoms with van der Waals surface area (Å²) in [5, 5.41) is 1.49. The van der Waals surface area contributed by atoms with Gasteiger partial charge in [0.2, 0.25) is 0 Å². The van der Waals surface area contributed by atoms with Crippen LogP contribution >= 0.6 is 0 Å². The van der Waals surface area contributed by atoms with Gasteiger partial charge in [0.05, 0.1) is 23.4 Å². The van der Waals surface area contributed by atoms with Crippen molar-refractivity contribution in [3.8, 4) is 0 Å². The molecule has 0 aliphatic carbocycles. The van der Waals surface area contributed by atoms with Gasteiger partial charge in [0.25, 0.3) is 0 Å². The number of hydrogen-bond donors (Lipinski definition) is 2. The van der Waals surface area contributed by atoms with Crippen LogP contribution in [0.4, 0.5) is 0 Å². The monoisotopic (exact) mass is 315 g/mol. The zero-order valence-electron chi connectivity index (χ0n) is 14.4. The van der Waals surface area contributed by atoms with Crippen molar-refractivity contribution in [3.05, 3.63) is 48.7 Å². The second-order valence-electron chi connectivity index (χ2n) is 6.78. The van der Waals surface area contributed by atoms with Crippen molar-refractivity contribution >= 4 is 18.3 Å². The molecule has 1 saturated heterocycles. The van der Waals surface area contributed by atoms with Crippen LogP contribution in [0.1, 0.15) is 33.3 Å². The Morgan fingerprint density at radius 1 is 1.17 bits per heavy atom. The summed E-state index contributed by atoms with van der Waals surface area (Å²) in [5.74, 6) is 5.78. The summed E-state index contributed by atoms with van der Waals surface area (Å²) in [4.78, 5) is 0. The van der Waals surface area contributed by atoms with E-state index in [1.807, 2.05) is 52.0 Å². The summed E-state index contributed by atoms with van der Waals surface area (Å²) in [6, 6.07) is 7.81. The average molecular weight is 315 g/mol. The van der Waals surface area contributed by atoms with E-state index in [1.165, 1.54) is 5.01 Å². The second kappa shape index (κ2) is 6.39. The van der Waals surface area contributed by atoms with E-state index in [4.69, 9.17) is 20.9 Å². The van der Waals surface area contributed by atoms with Crippen LogP contribution in [0.5, 0.6) is 0 Å². The molecule has 23 heavy (non-hydrogen) atoms. The van der Waals surface area contributed by atoms with Crippen molar-refractivity contribution in [2.24, 2.45) is 11.6 Å². The molecule has 0 radical (unpaired) electrons. The first-order chi connectivity index (χ1) is 10.7. The molecule has 1 aromatic carbocycles. The van der Waals surface area contributed by atoms with Gasteiger partial charge in [0, 0.05) is 6.20 Å². The average Bonchev–Trinajstić information content (AvgIpc) is 2.68. The number of nitrogens with two attached hydrogens (primary N) is 2. The number of benzene rings is 1. The van der Waals surface area contributed by atoms with Crippen LogP contribution in [-0.4, -0.2) is 29.9 Å². The van der Waals surface area contributed by atoms with Gasteiger partial charge in [0.1, 0.15) is 0 Å². The fraction of sp³-hybridized carbons (Fsp3) is 0.412. The zero-order valence-corrected chi connectivity index (χ0v) is 14.4. The van der Waals surface area contributed by atoms with Crippen LogP contribution in [0.2, 0.25) is 0 Å². The first-order valence-electron chi connectivity index (χ1n) is 7.72. The highest BCUT2D eigenvalue weighted by Crippen LogP contribution is 2.36. The first kappa shape index (κ1) is 17.6. The largest absolute Gasteiger partial charge is 0.494 e. The zero-order chi connectivity index (χ0) is 17.3. The first-order valence-corrected chi connectivity index (χ1v) is 7.72. The van der Waals surface area contributed by atoms with Crippen LogP contribution in [0.3, 0.4) is 0 Å². The molecule has 2 rings (SSSR count). The van der Waals surface area contributed by atoms with E-state index >= 15 is 0 Å². The van der Waals surface area contributed by atoms with Gasteiger partial charge < -0.3 is 20.1 Å². The predicted molar refractivity (Wildman–Crippen MR) is 95.4 cm³/mol. The quantitative estimate of drug-likeness (QED) is 0.374. The van der Waals surface area contributed by atoms with Crippen molar-refractivity contribution in [2.75, 3.05) is 6.54 Å². The molecule has 124 valence electrons. The van der Waals surface area contributed by atoms with Crippen molar-refractivity contribution in [2.45, 2.75) is 38.9 Å². The Bertz CT molecular complexity index is 580. The topological polar surface area (TPSA) is 73.7 Å². The highest BCUT2D eigenvalue weighted by molar-refractivity contribution is 6.62. The molecule has 0 unspecified atom stereocenters. The molecule has 1 aliphatic rings. The SMILES string of the molecule is C=CCN(N)/C=C(\N)c1ccc(B2OC(C)(C)C(C)(C)O2)cc1. The Morgan fingerprint density at radius 2 is 1.70 bits per heavy atom. The minimum atomic E-state index is -0.369. The number of rotatable bonds is 5. The molecule has 0 saturated carbocycles. The van der Waals surface area contributed by atoms with E-state index in [9.17, 15) is 0 Å². The fourth-order valence-electron chi connectivity index (χ4n) is 2.27. The van der Waals surface area contributed by atoms with Gasteiger partial charge in [-0.15, -0.1) is 6.58 Å². The van der Waals surface area contributed by atoms with E-state index in [1.54, 1.807) is 12.3 Å². The molecule has 1 aromatic rings. The second-order valence-corrected chi connectivity index (χ2v) is 6.78. The Morgan fingerprint density at radius 3 is 2.17 bits per heavy atom. The summed E-state index contributed by atoms with van der Waals surface area (Å²) < 4.78 is 12.1. The lowest BCUT2D eigenvalue weighted by Crippen LogP contribution is -2.41. The molecular formula is C17H26BN3O2. The van der Waals surface area contributed by atoms with Crippen LogP contribution in [0.25, 0.3) is 5.70 Å². The van der Waals surface area contributed by atoms with Gasteiger partial charge in [-0.3, -0.25) is 0 Å². The lowest BCUT2D eigenvalue weighted by atomic mass is 9.79. The molecule has 0 atom stereocenters. The van der Waals surface area contributed by atoms with Gasteiger partial charge >= 0.3 is 7.12 Å². The predicted octanol–water partition coefficient (Wildman–Crippen LogP) is 1.60. The molecular weight excluding hydrogens is 289 g/mol. The summed E-state index contributed by atoms with van der Waals surface area (Å²) in [5.41, 5.74) is 7.82. The van der Waals surface area contributed by atoms with Gasteiger partial charge in [-0.2, -0.15) is 0 Å². The van der Waals surface area contributed by atoms with Crippen molar-refractivity contribution in [3.63, 3.8) is 0 Å². The number of nitrogens with zero attached hydrogens (tertiary/aromatic N) is 1. The van der Waals surface area contributed by atoms with E-state index in [0.717, 1.165) is 11.0 Å². The van der Waals surface area contributed by atoms with Gasteiger partial charge in [-0.05, 0) is 38.7 Å². The molecule has 5 nitrogen and oxygen atoms in total. The summed E-state index contributed by atoms with van der Waals surface area (Å²) in [7, 11) is -0.369. The van der Waals surface area contributed by atoms with Gasteiger partial charge in [-0.25, -0.2) is 5.84 Å². The molecule has 1 aliphatic heterocycles. The van der Waals surface area contributed by atoms with Gasteiger partial charge in [0.15, 0.2) is 0 Å². The third-order valence-corrected chi connectivity index (χ3v) is 4.41. The Balaban J connectivity index is 2.13. The Hall–Kier alpha value is -1.76. The third-order valence-electron chi connectivity index (χ3n) is 4.41. The maximum absolute atomic E-state index is 6.06. The van der Waals surface area contributed by atoms with Crippen LogP contribution in [0.15, 0.2) is 43.1 Å². The van der Waals surface area contributed by atoms with E-state index in [0.29, 0.717) is 12.2 Å². The molecule has 6 heteroatoms. The van der Waals surface area contributed by atoms with Crippen LogP contribution < -0.4 is 17.0 Å². The number of hydrogen-bond acceptors (Lipinski definition) is 5. The van der Waals surface area contributed by atoms with Crippen molar-refractivity contribution in [1.82, 2.24) is 5.01 Å². The fourth-order valence-corrected chi connectivity index (χ4v) is 2.27. The third kappa shape index (κ3) is 3.78. The standard InChI is InChI=1S/C17H26BN3O2/c1-6-11-21(20)12-15(19)13-7-9-14(10-8-13)18-22-16(2,3)17(4,5)23-18/h6-10,12H,1,11,19-20H2,2-5H3/b15-12-. The van der Waals surface area contributed by atoms with E-state index in [-0.39, 0.29) is 18.3 Å². The minimum absolute atomic E-state index is 0.347. The molecule has 4 N–H and O–H groups in total. The molecule has 1 fully saturated rings. The Kier molecular flexibility index (Phi) is 4.89. The Labute approximate surface area is 139 Å². The summed E-state index contributed by atoms with van der Waals surface area (Å²) >= 11 is 0. The molecule has 0 spiro atoms. The normalized spacial score (nSPS) is 19.7. The maximum atomic E-state index is 6.06. The lowest BCUT2D eigenvalue weighted by molar-refractivity contribution is 0.00578. The molecule has 0 aromatic heterocycles. The smallest absolute Gasteiger partial charge is 0.399 e. The van der Waals surface area contributed by atoms with E-state index in [2.05, 4.69) is 6.58 Å². The van der Waals surface area contributed by atoms with Crippen molar-refractivity contribution in [1.29, 1.82) is 0 Å². The lowest BCUT2D eigenvalue weighted by Gasteiger charge is -2.32. The van der Waals surface area contributed by atoms with Gasteiger partial charge in [-0.1, -0.05) is 30.3 Å². The maximum Gasteiger partial charge on any atom is 0.494 e. The summed E-state index contributed by atoms with van der Waals surface area (Å²) in [6.07, 6.45) is 3.40. The minimum Gasteiger partial charge on any atom is -0.399 e. The molecule has 0 amide bonds. The summed E-state index contributed by atoms with van der Waals surface area (Å²) in [6.45, 7) is 12.3. The van der Waals surface area contributed by atoms with Crippen LogP contribution in [-0.2, 0) is 9.31 Å². The number of hydrazine groups is 1. The highest BCUT2D eigenvalue weighted by Gasteiger charge is 2.51. The van der Waals surface area contributed by atoms with Crippen LogP contribution in [0, 0.1) is 0 Å². The molecule has 1 heterocycles. The molecule has 0 bridgehead atoms. The highest BCUT2D eigenvalue weighted by atomic mass is 16.7.